The van der Waals surface area contributed by atoms with E-state index in [0.29, 0.717) is 0 Å². The lowest BCUT2D eigenvalue weighted by molar-refractivity contribution is -0.142. The molecule has 0 heterocycles. The molecule has 2 heteroatoms. The van der Waals surface area contributed by atoms with E-state index in [2.05, 4.69) is 11.3 Å². The molecule has 0 aliphatic rings. The Morgan fingerprint density at radius 1 is 1.58 bits per heavy atom. The van der Waals surface area contributed by atoms with E-state index in [0.717, 1.165) is 12.8 Å². The van der Waals surface area contributed by atoms with E-state index in [4.69, 9.17) is 0 Å². The van der Waals surface area contributed by atoms with Crippen molar-refractivity contribution in [2.45, 2.75) is 40.5 Å². The van der Waals surface area contributed by atoms with E-state index in [9.17, 15) is 4.79 Å². The second-order valence-corrected chi connectivity index (χ2v) is 2.29. The van der Waals surface area contributed by atoms with Crippen molar-refractivity contribution in [1.29, 1.82) is 0 Å². The summed E-state index contributed by atoms with van der Waals surface area (Å²) in [5.41, 5.74) is 0. The highest BCUT2D eigenvalue weighted by atomic mass is 16.5. The minimum absolute atomic E-state index is 0.00278. The summed E-state index contributed by atoms with van der Waals surface area (Å²) < 4.78 is 4.58. The molecule has 0 aliphatic heterocycles. The SMILES string of the molecule is C=COC(=O)C(C)CCC.CC. The van der Waals surface area contributed by atoms with Gasteiger partial charge in [-0.25, -0.2) is 0 Å². The second kappa shape index (κ2) is 10.2. The van der Waals surface area contributed by atoms with Crippen LogP contribution in [0.3, 0.4) is 0 Å². The van der Waals surface area contributed by atoms with Crippen LogP contribution in [0.15, 0.2) is 12.8 Å². The van der Waals surface area contributed by atoms with Crippen molar-refractivity contribution in [2.75, 3.05) is 0 Å². The minimum atomic E-state index is -0.183. The van der Waals surface area contributed by atoms with E-state index < -0.39 is 0 Å². The van der Waals surface area contributed by atoms with Crippen LogP contribution in [-0.2, 0) is 9.53 Å². The number of carbonyl (C=O) groups is 1. The Balaban J connectivity index is 0. The van der Waals surface area contributed by atoms with Crippen LogP contribution >= 0.6 is 0 Å². The molecular weight excluding hydrogens is 152 g/mol. The summed E-state index contributed by atoms with van der Waals surface area (Å²) in [5, 5.41) is 0. The van der Waals surface area contributed by atoms with Gasteiger partial charge >= 0.3 is 5.97 Å². The van der Waals surface area contributed by atoms with Gasteiger partial charge in [0.05, 0.1) is 12.2 Å². The van der Waals surface area contributed by atoms with Crippen molar-refractivity contribution in [3.63, 3.8) is 0 Å². The Morgan fingerprint density at radius 2 is 2.08 bits per heavy atom. The molecule has 0 rings (SSSR count). The van der Waals surface area contributed by atoms with Crippen LogP contribution in [0.1, 0.15) is 40.5 Å². The van der Waals surface area contributed by atoms with Gasteiger partial charge in [-0.05, 0) is 6.42 Å². The summed E-state index contributed by atoms with van der Waals surface area (Å²) >= 11 is 0. The molecule has 0 saturated heterocycles. The predicted octanol–water partition coefficient (Wildman–Crippen LogP) is 3.14. The predicted molar refractivity (Wildman–Crippen MR) is 51.7 cm³/mol. The maximum absolute atomic E-state index is 10.8. The first kappa shape index (κ1) is 13.8. The number of hydrogen-bond acceptors (Lipinski definition) is 2. The summed E-state index contributed by atoms with van der Waals surface area (Å²) in [4.78, 5) is 10.8. The lowest BCUT2D eigenvalue weighted by Crippen LogP contribution is -2.11. The lowest BCUT2D eigenvalue weighted by Gasteiger charge is -2.05. The summed E-state index contributed by atoms with van der Waals surface area (Å²) in [6.07, 6.45) is 3.06. The Kier molecular flexibility index (Phi) is 11.7. The van der Waals surface area contributed by atoms with Gasteiger partial charge in [0.25, 0.3) is 0 Å². The van der Waals surface area contributed by atoms with Gasteiger partial charge in [0.1, 0.15) is 0 Å². The molecule has 0 aromatic rings. The largest absolute Gasteiger partial charge is 0.435 e. The van der Waals surface area contributed by atoms with E-state index in [1.807, 2.05) is 27.7 Å². The third kappa shape index (κ3) is 7.32. The van der Waals surface area contributed by atoms with Crippen molar-refractivity contribution >= 4 is 5.97 Å². The zero-order chi connectivity index (χ0) is 9.98. The highest BCUT2D eigenvalue weighted by molar-refractivity contribution is 5.72. The van der Waals surface area contributed by atoms with Crippen LogP contribution in [0.25, 0.3) is 0 Å². The molecule has 1 atom stereocenters. The summed E-state index contributed by atoms with van der Waals surface area (Å²) in [6, 6.07) is 0. The number of ether oxygens (including phenoxy) is 1. The molecular formula is C10H20O2. The number of carbonyl (C=O) groups excluding carboxylic acids is 1. The fraction of sp³-hybridized carbons (Fsp3) is 0.700. The molecule has 2 nitrogen and oxygen atoms in total. The van der Waals surface area contributed by atoms with Gasteiger partial charge < -0.3 is 4.74 Å². The summed E-state index contributed by atoms with van der Waals surface area (Å²) in [6.45, 7) is 11.2. The van der Waals surface area contributed by atoms with Gasteiger partial charge in [-0.15, -0.1) is 0 Å². The first-order chi connectivity index (χ1) is 5.72. The Hall–Kier alpha value is -0.790. The normalized spacial score (nSPS) is 10.7. The standard InChI is InChI=1S/C8H14O2.C2H6/c1-4-6-7(3)8(9)10-5-2;1-2/h5,7H,2,4,6H2,1,3H3;1-2H3. The van der Waals surface area contributed by atoms with Crippen molar-refractivity contribution in [2.24, 2.45) is 5.92 Å². The van der Waals surface area contributed by atoms with Gasteiger partial charge in [0.15, 0.2) is 0 Å². The van der Waals surface area contributed by atoms with E-state index in [1.54, 1.807) is 0 Å². The third-order valence-corrected chi connectivity index (χ3v) is 1.32. The monoisotopic (exact) mass is 172 g/mol. The van der Waals surface area contributed by atoms with E-state index in [-0.39, 0.29) is 11.9 Å². The Labute approximate surface area is 75.6 Å². The number of esters is 1. The zero-order valence-corrected chi connectivity index (χ0v) is 8.59. The number of hydrogen-bond donors (Lipinski definition) is 0. The van der Waals surface area contributed by atoms with Crippen LogP contribution in [0, 0.1) is 5.92 Å². The Bertz CT molecular complexity index is 119. The molecule has 0 aromatic carbocycles. The van der Waals surface area contributed by atoms with Gasteiger partial charge in [0.2, 0.25) is 0 Å². The topological polar surface area (TPSA) is 26.3 Å². The maximum atomic E-state index is 10.8. The second-order valence-electron chi connectivity index (χ2n) is 2.29. The smallest absolute Gasteiger partial charge is 0.313 e. The summed E-state index contributed by atoms with van der Waals surface area (Å²) in [7, 11) is 0. The first-order valence-corrected chi connectivity index (χ1v) is 4.53. The maximum Gasteiger partial charge on any atom is 0.313 e. The van der Waals surface area contributed by atoms with Crippen LogP contribution in [0.2, 0.25) is 0 Å². The molecule has 0 aromatic heterocycles. The molecule has 0 saturated carbocycles. The van der Waals surface area contributed by atoms with Crippen molar-refractivity contribution < 1.29 is 9.53 Å². The van der Waals surface area contributed by atoms with E-state index in [1.165, 1.54) is 6.26 Å². The first-order valence-electron chi connectivity index (χ1n) is 4.53. The molecule has 12 heavy (non-hydrogen) atoms. The third-order valence-electron chi connectivity index (χ3n) is 1.32. The van der Waals surface area contributed by atoms with Crippen molar-refractivity contribution in [1.82, 2.24) is 0 Å². The molecule has 0 fully saturated rings. The average Bonchev–Trinajstić information content (AvgIpc) is 2.09. The summed E-state index contributed by atoms with van der Waals surface area (Å²) in [5.74, 6) is -0.181. The van der Waals surface area contributed by atoms with Crippen LogP contribution < -0.4 is 0 Å². The van der Waals surface area contributed by atoms with Gasteiger partial charge in [-0.1, -0.05) is 40.7 Å². The molecule has 0 amide bonds. The molecule has 0 spiro atoms. The fourth-order valence-electron chi connectivity index (χ4n) is 0.749. The van der Waals surface area contributed by atoms with Crippen molar-refractivity contribution in [3.8, 4) is 0 Å². The van der Waals surface area contributed by atoms with Gasteiger partial charge in [-0.3, -0.25) is 4.79 Å². The van der Waals surface area contributed by atoms with Crippen LogP contribution in [-0.4, -0.2) is 5.97 Å². The van der Waals surface area contributed by atoms with Gasteiger partial charge in [0, 0.05) is 0 Å². The lowest BCUT2D eigenvalue weighted by atomic mass is 10.1. The van der Waals surface area contributed by atoms with Crippen LogP contribution in [0.5, 0.6) is 0 Å². The van der Waals surface area contributed by atoms with Crippen molar-refractivity contribution in [3.05, 3.63) is 12.8 Å². The molecule has 0 aliphatic carbocycles. The Morgan fingerprint density at radius 3 is 2.42 bits per heavy atom. The molecule has 0 radical (unpaired) electrons. The quantitative estimate of drug-likeness (QED) is 0.481. The van der Waals surface area contributed by atoms with E-state index >= 15 is 0 Å². The molecule has 1 unspecified atom stereocenters. The minimum Gasteiger partial charge on any atom is -0.435 e. The van der Waals surface area contributed by atoms with Crippen LogP contribution in [0.4, 0.5) is 0 Å². The molecule has 0 bridgehead atoms. The van der Waals surface area contributed by atoms with Gasteiger partial charge in [-0.2, -0.15) is 0 Å². The zero-order valence-electron chi connectivity index (χ0n) is 8.59. The fourth-order valence-corrected chi connectivity index (χ4v) is 0.749. The molecule has 0 N–H and O–H groups in total. The number of rotatable bonds is 4. The highest BCUT2D eigenvalue weighted by Gasteiger charge is 2.10. The molecule has 72 valence electrons. The highest BCUT2D eigenvalue weighted by Crippen LogP contribution is 2.06. The average molecular weight is 172 g/mol.